The normalized spacial score (nSPS) is 11.2. The fourth-order valence-corrected chi connectivity index (χ4v) is 3.02. The molecular weight excluding hydrogens is 244 g/mol. The van der Waals surface area contributed by atoms with E-state index < -0.39 is 21.6 Å². The zero-order valence-corrected chi connectivity index (χ0v) is 10.7. The van der Waals surface area contributed by atoms with Crippen LogP contribution in [0.2, 0.25) is 0 Å². The van der Waals surface area contributed by atoms with E-state index in [0.717, 1.165) is 5.56 Å². The number of rotatable bonds is 4. The second-order valence-electron chi connectivity index (χ2n) is 3.77. The number of aryl methyl sites for hydroxylation is 2. The third kappa shape index (κ3) is 2.97. The van der Waals surface area contributed by atoms with Gasteiger partial charge in [0, 0.05) is 0 Å². The number of carboxylic acids is 1. The van der Waals surface area contributed by atoms with Gasteiger partial charge in [0.2, 0.25) is 0 Å². The second-order valence-corrected chi connectivity index (χ2v) is 5.72. The van der Waals surface area contributed by atoms with Crippen LogP contribution in [0.5, 0.6) is 5.75 Å². The van der Waals surface area contributed by atoms with E-state index in [2.05, 4.69) is 0 Å². The lowest BCUT2D eigenvalue weighted by molar-refractivity contribution is -0.134. The number of sulfone groups is 1. The number of benzene rings is 1. The van der Waals surface area contributed by atoms with Crippen LogP contribution >= 0.6 is 0 Å². The summed E-state index contributed by atoms with van der Waals surface area (Å²) in [5.74, 6) is -2.12. The first-order valence-corrected chi connectivity index (χ1v) is 6.53. The van der Waals surface area contributed by atoms with Crippen LogP contribution in [-0.4, -0.2) is 32.4 Å². The summed E-state index contributed by atoms with van der Waals surface area (Å²) in [4.78, 5) is 10.5. The first kappa shape index (κ1) is 13.5. The van der Waals surface area contributed by atoms with E-state index in [9.17, 15) is 13.2 Å². The Bertz CT molecular complexity index is 545. The molecule has 94 valence electrons. The number of carboxylic acid groups (broad SMARTS) is 1. The van der Waals surface area contributed by atoms with Crippen molar-refractivity contribution < 1.29 is 23.1 Å². The molecule has 0 amide bonds. The highest BCUT2D eigenvalue weighted by atomic mass is 32.2. The molecule has 5 nitrogen and oxygen atoms in total. The average molecular weight is 258 g/mol. The molecule has 0 heterocycles. The first-order chi connectivity index (χ1) is 7.77. The van der Waals surface area contributed by atoms with Crippen LogP contribution in [0.15, 0.2) is 17.0 Å². The van der Waals surface area contributed by atoms with Gasteiger partial charge in [-0.3, -0.25) is 4.79 Å². The SMILES string of the molecule is COc1c(C)cc(C)cc1S(=O)(=O)CC(=O)O. The number of methoxy groups -OCH3 is 1. The molecule has 0 aliphatic rings. The van der Waals surface area contributed by atoms with E-state index in [1.807, 2.05) is 0 Å². The van der Waals surface area contributed by atoms with E-state index in [1.165, 1.54) is 13.2 Å². The van der Waals surface area contributed by atoms with Crippen molar-refractivity contribution in [2.75, 3.05) is 12.9 Å². The Balaban J connectivity index is 3.44. The van der Waals surface area contributed by atoms with E-state index in [-0.39, 0.29) is 10.6 Å². The number of carbonyl (C=O) groups is 1. The molecule has 1 aromatic carbocycles. The van der Waals surface area contributed by atoms with Gasteiger partial charge in [0.05, 0.1) is 7.11 Å². The summed E-state index contributed by atoms with van der Waals surface area (Å²) in [5.41, 5.74) is 1.41. The van der Waals surface area contributed by atoms with Crippen LogP contribution < -0.4 is 4.74 Å². The van der Waals surface area contributed by atoms with Crippen LogP contribution in [-0.2, 0) is 14.6 Å². The van der Waals surface area contributed by atoms with Crippen LogP contribution in [0, 0.1) is 13.8 Å². The van der Waals surface area contributed by atoms with Gasteiger partial charge in [-0.05, 0) is 31.0 Å². The molecule has 0 aliphatic heterocycles. The summed E-state index contributed by atoms with van der Waals surface area (Å²) < 4.78 is 28.8. The molecule has 0 aromatic heterocycles. The molecule has 0 saturated heterocycles. The molecule has 1 rings (SSSR count). The van der Waals surface area contributed by atoms with Gasteiger partial charge in [-0.2, -0.15) is 0 Å². The summed E-state index contributed by atoms with van der Waals surface area (Å²) in [6, 6.07) is 3.20. The summed E-state index contributed by atoms with van der Waals surface area (Å²) >= 11 is 0. The zero-order valence-electron chi connectivity index (χ0n) is 9.85. The molecule has 0 atom stereocenters. The maximum atomic E-state index is 11.9. The second kappa shape index (κ2) is 4.75. The Morgan fingerprint density at radius 1 is 1.35 bits per heavy atom. The fraction of sp³-hybridized carbons (Fsp3) is 0.364. The molecule has 6 heteroatoms. The first-order valence-electron chi connectivity index (χ1n) is 4.87. The van der Waals surface area contributed by atoms with E-state index in [1.54, 1.807) is 19.9 Å². The predicted molar refractivity (Wildman–Crippen MR) is 62.2 cm³/mol. The van der Waals surface area contributed by atoms with Crippen molar-refractivity contribution >= 4 is 15.8 Å². The number of hydrogen-bond acceptors (Lipinski definition) is 4. The van der Waals surface area contributed by atoms with Gasteiger partial charge in [-0.15, -0.1) is 0 Å². The molecule has 1 N–H and O–H groups in total. The van der Waals surface area contributed by atoms with Gasteiger partial charge in [0.15, 0.2) is 15.6 Å². The molecule has 0 spiro atoms. The topological polar surface area (TPSA) is 80.7 Å². The predicted octanol–water partition coefficient (Wildman–Crippen LogP) is 1.17. The van der Waals surface area contributed by atoms with Crippen molar-refractivity contribution in [2.24, 2.45) is 0 Å². The van der Waals surface area contributed by atoms with Crippen LogP contribution in [0.3, 0.4) is 0 Å². The third-order valence-corrected chi connectivity index (χ3v) is 3.84. The van der Waals surface area contributed by atoms with Gasteiger partial charge >= 0.3 is 5.97 Å². The van der Waals surface area contributed by atoms with E-state index in [4.69, 9.17) is 9.84 Å². The van der Waals surface area contributed by atoms with E-state index in [0.29, 0.717) is 5.56 Å². The number of ether oxygens (including phenoxy) is 1. The standard InChI is InChI=1S/C11H14O5S/c1-7-4-8(2)11(16-3)9(5-7)17(14,15)6-10(12)13/h4-5H,6H2,1-3H3,(H,12,13). The molecule has 0 aliphatic carbocycles. The third-order valence-electron chi connectivity index (χ3n) is 2.24. The van der Waals surface area contributed by atoms with Crippen molar-refractivity contribution in [3.8, 4) is 5.75 Å². The Morgan fingerprint density at radius 3 is 2.41 bits per heavy atom. The Morgan fingerprint density at radius 2 is 1.94 bits per heavy atom. The van der Waals surface area contributed by atoms with Crippen LogP contribution in [0.4, 0.5) is 0 Å². The van der Waals surface area contributed by atoms with Gasteiger partial charge in [-0.1, -0.05) is 6.07 Å². The van der Waals surface area contributed by atoms with Crippen molar-refractivity contribution in [1.82, 2.24) is 0 Å². The molecule has 0 bridgehead atoms. The summed E-state index contributed by atoms with van der Waals surface area (Å²) in [6.07, 6.45) is 0. The zero-order chi connectivity index (χ0) is 13.2. The van der Waals surface area contributed by atoms with Gasteiger partial charge in [0.1, 0.15) is 10.6 Å². The lowest BCUT2D eigenvalue weighted by Gasteiger charge is -2.12. The maximum absolute atomic E-state index is 11.9. The summed E-state index contributed by atoms with van der Waals surface area (Å²) in [7, 11) is -2.51. The van der Waals surface area contributed by atoms with Gasteiger partial charge in [0.25, 0.3) is 0 Å². The summed E-state index contributed by atoms with van der Waals surface area (Å²) in [6.45, 7) is 3.46. The van der Waals surface area contributed by atoms with Crippen molar-refractivity contribution in [1.29, 1.82) is 0 Å². The average Bonchev–Trinajstić information content (AvgIpc) is 2.14. The lowest BCUT2D eigenvalue weighted by atomic mass is 10.1. The Hall–Kier alpha value is -1.56. The largest absolute Gasteiger partial charge is 0.495 e. The number of hydrogen-bond donors (Lipinski definition) is 1. The molecular formula is C11H14O5S. The molecule has 0 saturated carbocycles. The molecule has 1 aromatic rings. The number of aliphatic carboxylic acids is 1. The quantitative estimate of drug-likeness (QED) is 0.876. The highest BCUT2D eigenvalue weighted by molar-refractivity contribution is 7.92. The minimum absolute atomic E-state index is 0.0695. The van der Waals surface area contributed by atoms with Crippen molar-refractivity contribution in [3.05, 3.63) is 23.3 Å². The molecule has 0 fully saturated rings. The van der Waals surface area contributed by atoms with Gasteiger partial charge < -0.3 is 9.84 Å². The Kier molecular flexibility index (Phi) is 3.77. The molecule has 0 radical (unpaired) electrons. The van der Waals surface area contributed by atoms with Crippen molar-refractivity contribution in [3.63, 3.8) is 0 Å². The highest BCUT2D eigenvalue weighted by Gasteiger charge is 2.24. The minimum Gasteiger partial charge on any atom is -0.495 e. The molecule has 0 unspecified atom stereocenters. The fourth-order valence-electron chi connectivity index (χ4n) is 1.65. The molecule has 17 heavy (non-hydrogen) atoms. The smallest absolute Gasteiger partial charge is 0.319 e. The maximum Gasteiger partial charge on any atom is 0.319 e. The minimum atomic E-state index is -3.87. The van der Waals surface area contributed by atoms with Crippen molar-refractivity contribution in [2.45, 2.75) is 18.7 Å². The van der Waals surface area contributed by atoms with E-state index >= 15 is 0 Å². The van der Waals surface area contributed by atoms with Crippen LogP contribution in [0.25, 0.3) is 0 Å². The highest BCUT2D eigenvalue weighted by Crippen LogP contribution is 2.29. The monoisotopic (exact) mass is 258 g/mol. The lowest BCUT2D eigenvalue weighted by Crippen LogP contribution is -2.16. The Labute approximate surface area is 100.0 Å². The summed E-state index contributed by atoms with van der Waals surface area (Å²) in [5, 5.41) is 8.59. The van der Waals surface area contributed by atoms with Gasteiger partial charge in [-0.25, -0.2) is 8.42 Å². The van der Waals surface area contributed by atoms with Crippen LogP contribution in [0.1, 0.15) is 11.1 Å².